The molecule has 2 aromatic heterocycles. The van der Waals surface area contributed by atoms with Crippen molar-refractivity contribution < 1.29 is 4.74 Å². The monoisotopic (exact) mass is 454 g/mol. The second kappa shape index (κ2) is 8.77. The molecular weight excluding hydrogens is 432 g/mol. The lowest BCUT2D eigenvalue weighted by molar-refractivity contribution is 0.290. The van der Waals surface area contributed by atoms with Gasteiger partial charge < -0.3 is 14.3 Å². The van der Waals surface area contributed by atoms with Crippen molar-refractivity contribution in [1.82, 2.24) is 19.7 Å². The van der Waals surface area contributed by atoms with E-state index in [4.69, 9.17) is 16.3 Å². The number of ether oxygens (including phenoxy) is 1. The van der Waals surface area contributed by atoms with Crippen LogP contribution in [-0.4, -0.2) is 19.7 Å². The molecule has 0 radical (unpaired) electrons. The molecule has 0 bridgehead atoms. The van der Waals surface area contributed by atoms with Crippen LogP contribution in [0.5, 0.6) is 5.75 Å². The number of fused-ring (bicyclic) bond motifs is 1. The highest BCUT2D eigenvalue weighted by Crippen LogP contribution is 2.24. The molecule has 1 N–H and O–H groups in total. The number of aromatic nitrogens is 4. The number of nitrogens with zero attached hydrogens (tertiary/aromatic N) is 3. The van der Waals surface area contributed by atoms with Crippen LogP contribution in [0.1, 0.15) is 28.2 Å². The van der Waals surface area contributed by atoms with E-state index in [0.717, 1.165) is 38.8 Å². The highest BCUT2D eigenvalue weighted by Gasteiger charge is 2.12. The Morgan fingerprint density at radius 2 is 1.90 bits per heavy atom. The zero-order valence-electron chi connectivity index (χ0n) is 17.8. The van der Waals surface area contributed by atoms with Gasteiger partial charge in [-0.05, 0) is 61.7 Å². The average Bonchev–Trinajstić information content (AvgIpc) is 3.10. The summed E-state index contributed by atoms with van der Waals surface area (Å²) in [7, 11) is 1.91. The fourth-order valence-electron chi connectivity index (χ4n) is 3.29. The van der Waals surface area contributed by atoms with E-state index in [9.17, 15) is 4.79 Å². The molecule has 31 heavy (non-hydrogen) atoms. The Kier molecular flexibility index (Phi) is 6.07. The minimum atomic E-state index is 0.0257. The Morgan fingerprint density at radius 3 is 2.68 bits per heavy atom. The van der Waals surface area contributed by atoms with Crippen molar-refractivity contribution in [2.45, 2.75) is 38.3 Å². The van der Waals surface area contributed by atoms with E-state index in [1.807, 2.05) is 62.7 Å². The van der Waals surface area contributed by atoms with E-state index in [1.165, 1.54) is 11.8 Å². The number of aryl methyl sites for hydroxylation is 3. The number of rotatable bonds is 6. The van der Waals surface area contributed by atoms with Crippen LogP contribution in [-0.2, 0) is 19.4 Å². The fraction of sp³-hybridized carbons (Fsp3) is 0.261. The quantitative estimate of drug-likeness (QED) is 0.410. The Morgan fingerprint density at radius 1 is 1.10 bits per heavy atom. The molecule has 0 spiro atoms. The van der Waals surface area contributed by atoms with E-state index in [0.29, 0.717) is 28.6 Å². The SMILES string of the molecule is Cc1cc(OCc2nnc(SCc3cc(=O)c4ccc(C)c(C)c4[nH]3)n2C)ccc1Cl. The summed E-state index contributed by atoms with van der Waals surface area (Å²) >= 11 is 7.58. The minimum absolute atomic E-state index is 0.0257. The Labute approximate surface area is 189 Å². The molecule has 0 saturated heterocycles. The van der Waals surface area contributed by atoms with Gasteiger partial charge in [0.05, 0.1) is 5.52 Å². The first-order valence-electron chi connectivity index (χ1n) is 9.85. The Hall–Kier alpha value is -2.77. The van der Waals surface area contributed by atoms with Crippen molar-refractivity contribution in [1.29, 1.82) is 0 Å². The maximum absolute atomic E-state index is 12.5. The molecule has 0 saturated carbocycles. The van der Waals surface area contributed by atoms with Gasteiger partial charge in [0.25, 0.3) is 0 Å². The number of benzene rings is 2. The zero-order chi connectivity index (χ0) is 22.1. The molecule has 0 aliphatic heterocycles. The molecule has 6 nitrogen and oxygen atoms in total. The molecule has 0 atom stereocenters. The van der Waals surface area contributed by atoms with Gasteiger partial charge in [0.2, 0.25) is 0 Å². The van der Waals surface area contributed by atoms with Crippen LogP contribution >= 0.6 is 23.4 Å². The van der Waals surface area contributed by atoms with Crippen LogP contribution in [0.3, 0.4) is 0 Å². The van der Waals surface area contributed by atoms with E-state index in [2.05, 4.69) is 15.2 Å². The highest BCUT2D eigenvalue weighted by atomic mass is 35.5. The van der Waals surface area contributed by atoms with Crippen molar-refractivity contribution in [2.24, 2.45) is 7.05 Å². The maximum Gasteiger partial charge on any atom is 0.191 e. The van der Waals surface area contributed by atoms with Crippen LogP contribution in [0, 0.1) is 20.8 Å². The van der Waals surface area contributed by atoms with Gasteiger partial charge in [-0.3, -0.25) is 4.79 Å². The van der Waals surface area contributed by atoms with Crippen LogP contribution in [0.4, 0.5) is 0 Å². The van der Waals surface area contributed by atoms with Gasteiger partial charge in [0, 0.05) is 35.0 Å². The molecule has 8 heteroatoms. The summed E-state index contributed by atoms with van der Waals surface area (Å²) in [6.45, 7) is 6.31. The Balaban J connectivity index is 1.47. The van der Waals surface area contributed by atoms with Crippen molar-refractivity contribution in [3.8, 4) is 5.75 Å². The van der Waals surface area contributed by atoms with Gasteiger partial charge in [-0.25, -0.2) is 0 Å². The lowest BCUT2D eigenvalue weighted by Crippen LogP contribution is -2.07. The number of halogens is 1. The van der Waals surface area contributed by atoms with Crippen LogP contribution in [0.2, 0.25) is 5.02 Å². The maximum atomic E-state index is 12.5. The number of pyridine rings is 1. The second-order valence-corrected chi connectivity index (χ2v) is 8.88. The van der Waals surface area contributed by atoms with Crippen molar-refractivity contribution in [3.63, 3.8) is 0 Å². The molecular formula is C23H23ClN4O2S. The molecule has 0 unspecified atom stereocenters. The van der Waals surface area contributed by atoms with Gasteiger partial charge in [0.15, 0.2) is 16.4 Å². The minimum Gasteiger partial charge on any atom is -0.486 e. The molecule has 4 rings (SSSR count). The van der Waals surface area contributed by atoms with Crippen molar-refractivity contribution in [2.75, 3.05) is 0 Å². The van der Waals surface area contributed by atoms with Gasteiger partial charge in [0.1, 0.15) is 12.4 Å². The van der Waals surface area contributed by atoms with Crippen molar-refractivity contribution in [3.05, 3.63) is 79.9 Å². The number of hydrogen-bond acceptors (Lipinski definition) is 5. The third-order valence-electron chi connectivity index (χ3n) is 5.37. The van der Waals surface area contributed by atoms with E-state index in [-0.39, 0.29) is 5.43 Å². The topological polar surface area (TPSA) is 72.8 Å². The number of nitrogens with one attached hydrogen (secondary N) is 1. The predicted molar refractivity (Wildman–Crippen MR) is 125 cm³/mol. The fourth-order valence-corrected chi connectivity index (χ4v) is 4.24. The van der Waals surface area contributed by atoms with E-state index < -0.39 is 0 Å². The molecule has 2 aromatic carbocycles. The molecule has 0 amide bonds. The van der Waals surface area contributed by atoms with Gasteiger partial charge in [-0.2, -0.15) is 0 Å². The first kappa shape index (κ1) is 21.5. The largest absolute Gasteiger partial charge is 0.486 e. The van der Waals surface area contributed by atoms with Gasteiger partial charge >= 0.3 is 0 Å². The van der Waals surface area contributed by atoms with Crippen molar-refractivity contribution >= 4 is 34.3 Å². The zero-order valence-corrected chi connectivity index (χ0v) is 19.4. The van der Waals surface area contributed by atoms with Crippen LogP contribution in [0.25, 0.3) is 10.9 Å². The second-order valence-electron chi connectivity index (χ2n) is 7.54. The first-order chi connectivity index (χ1) is 14.8. The molecule has 160 valence electrons. The lowest BCUT2D eigenvalue weighted by atomic mass is 10.0. The van der Waals surface area contributed by atoms with Gasteiger partial charge in [-0.15, -0.1) is 10.2 Å². The smallest absolute Gasteiger partial charge is 0.191 e. The summed E-state index contributed by atoms with van der Waals surface area (Å²) in [5.74, 6) is 2.04. The third kappa shape index (κ3) is 4.48. The first-order valence-corrected chi connectivity index (χ1v) is 11.2. The van der Waals surface area contributed by atoms with Gasteiger partial charge in [-0.1, -0.05) is 29.4 Å². The third-order valence-corrected chi connectivity index (χ3v) is 6.86. The summed E-state index contributed by atoms with van der Waals surface area (Å²) in [6.07, 6.45) is 0. The number of aromatic amines is 1. The van der Waals surface area contributed by atoms with Crippen LogP contribution in [0.15, 0.2) is 46.3 Å². The van der Waals surface area contributed by atoms with Crippen LogP contribution < -0.4 is 10.2 Å². The van der Waals surface area contributed by atoms with E-state index in [1.54, 1.807) is 6.07 Å². The summed E-state index contributed by atoms with van der Waals surface area (Å²) < 4.78 is 7.74. The van der Waals surface area contributed by atoms with E-state index >= 15 is 0 Å². The molecule has 0 aliphatic rings. The average molecular weight is 455 g/mol. The summed E-state index contributed by atoms with van der Waals surface area (Å²) in [5.41, 5.74) is 4.99. The predicted octanol–water partition coefficient (Wildman–Crippen LogP) is 5.11. The molecule has 4 aromatic rings. The molecule has 0 aliphatic carbocycles. The summed E-state index contributed by atoms with van der Waals surface area (Å²) in [5, 5.41) is 10.7. The molecule has 0 fully saturated rings. The number of H-pyrrole nitrogens is 1. The number of hydrogen-bond donors (Lipinski definition) is 1. The standard InChI is InChI=1S/C23H23ClN4O2S/c1-13-5-7-18-20(29)10-16(25-22(18)15(13)3)12-31-23-27-26-21(28(23)4)11-30-17-6-8-19(24)14(2)9-17/h5-10H,11-12H2,1-4H3,(H,25,29). The Bertz CT molecular complexity index is 1330. The highest BCUT2D eigenvalue weighted by molar-refractivity contribution is 7.98. The summed E-state index contributed by atoms with van der Waals surface area (Å²) in [4.78, 5) is 15.9. The lowest BCUT2D eigenvalue weighted by Gasteiger charge is -2.09. The number of thioether (sulfide) groups is 1. The normalized spacial score (nSPS) is 11.3. The summed E-state index contributed by atoms with van der Waals surface area (Å²) in [6, 6.07) is 11.1. The molecule has 2 heterocycles.